The van der Waals surface area contributed by atoms with Crippen molar-refractivity contribution in [1.29, 1.82) is 0 Å². The van der Waals surface area contributed by atoms with Crippen LogP contribution in [0.3, 0.4) is 0 Å². The summed E-state index contributed by atoms with van der Waals surface area (Å²) >= 11 is 0. The number of methoxy groups -OCH3 is 1. The Kier molecular flexibility index (Phi) is 5.60. The van der Waals surface area contributed by atoms with Crippen LogP contribution in [-0.4, -0.2) is 58.4 Å². The highest BCUT2D eigenvalue weighted by atomic mass is 16.5. The number of hydrogen-bond donors (Lipinski definition) is 0. The Morgan fingerprint density at radius 3 is 2.33 bits per heavy atom. The molecule has 33 heavy (non-hydrogen) atoms. The minimum Gasteiger partial charge on any atom is -0.495 e. The van der Waals surface area contributed by atoms with Crippen molar-refractivity contribution >= 4 is 11.6 Å². The van der Waals surface area contributed by atoms with E-state index in [0.29, 0.717) is 18.8 Å². The second kappa shape index (κ2) is 8.86. The third kappa shape index (κ3) is 3.98. The fraction of sp³-hybridized carbons (Fsp3) is 0.231. The SMILES string of the molecule is COc1ccccc1N1CCN(C(=O)c2cc(-c3cccn3C)nn2-c2ccccc2)CC1. The fourth-order valence-corrected chi connectivity index (χ4v) is 4.36. The Bertz CT molecular complexity index is 1250. The summed E-state index contributed by atoms with van der Waals surface area (Å²) in [6, 6.07) is 23.7. The molecular formula is C26H27N5O2. The van der Waals surface area contributed by atoms with Gasteiger partial charge >= 0.3 is 0 Å². The van der Waals surface area contributed by atoms with Crippen molar-refractivity contribution in [2.24, 2.45) is 7.05 Å². The molecule has 3 heterocycles. The molecule has 0 radical (unpaired) electrons. The smallest absolute Gasteiger partial charge is 0.272 e. The van der Waals surface area contributed by atoms with Crippen LogP contribution in [0.5, 0.6) is 5.75 Å². The molecule has 0 atom stereocenters. The maximum Gasteiger partial charge on any atom is 0.272 e. The van der Waals surface area contributed by atoms with Crippen molar-refractivity contribution in [2.75, 3.05) is 38.2 Å². The zero-order valence-electron chi connectivity index (χ0n) is 18.9. The second-order valence-corrected chi connectivity index (χ2v) is 8.12. The highest BCUT2D eigenvalue weighted by molar-refractivity contribution is 5.94. The van der Waals surface area contributed by atoms with Gasteiger partial charge in [-0.3, -0.25) is 4.79 Å². The van der Waals surface area contributed by atoms with E-state index in [4.69, 9.17) is 9.84 Å². The van der Waals surface area contributed by atoms with Crippen LogP contribution in [0.1, 0.15) is 10.5 Å². The van der Waals surface area contributed by atoms with Gasteiger partial charge in [-0.05, 0) is 42.5 Å². The third-order valence-electron chi connectivity index (χ3n) is 6.13. The van der Waals surface area contributed by atoms with Gasteiger partial charge in [-0.2, -0.15) is 5.10 Å². The van der Waals surface area contributed by atoms with E-state index in [9.17, 15) is 4.79 Å². The van der Waals surface area contributed by atoms with Gasteiger partial charge in [0.25, 0.3) is 5.91 Å². The molecule has 0 saturated carbocycles. The lowest BCUT2D eigenvalue weighted by Gasteiger charge is -2.36. The molecule has 0 bridgehead atoms. The van der Waals surface area contributed by atoms with E-state index in [2.05, 4.69) is 11.0 Å². The summed E-state index contributed by atoms with van der Waals surface area (Å²) in [5, 5.41) is 4.81. The van der Waals surface area contributed by atoms with Crippen molar-refractivity contribution < 1.29 is 9.53 Å². The number of aromatic nitrogens is 3. The largest absolute Gasteiger partial charge is 0.495 e. The summed E-state index contributed by atoms with van der Waals surface area (Å²) in [4.78, 5) is 17.8. The summed E-state index contributed by atoms with van der Waals surface area (Å²) in [7, 11) is 3.67. The predicted octanol–water partition coefficient (Wildman–Crippen LogP) is 3.85. The van der Waals surface area contributed by atoms with E-state index in [1.807, 2.05) is 89.4 Å². The van der Waals surface area contributed by atoms with Crippen LogP contribution in [0.15, 0.2) is 79.0 Å². The van der Waals surface area contributed by atoms with Gasteiger partial charge in [0.15, 0.2) is 0 Å². The number of hydrogen-bond acceptors (Lipinski definition) is 4. The van der Waals surface area contributed by atoms with E-state index >= 15 is 0 Å². The number of anilines is 1. The first kappa shape index (κ1) is 20.9. The molecule has 0 unspecified atom stereocenters. The Morgan fingerprint density at radius 2 is 1.64 bits per heavy atom. The fourth-order valence-electron chi connectivity index (χ4n) is 4.36. The van der Waals surface area contributed by atoms with Gasteiger partial charge in [0, 0.05) is 39.4 Å². The van der Waals surface area contributed by atoms with Crippen molar-refractivity contribution in [2.45, 2.75) is 0 Å². The van der Waals surface area contributed by atoms with Crippen LogP contribution in [-0.2, 0) is 7.05 Å². The Balaban J connectivity index is 1.42. The average molecular weight is 442 g/mol. The zero-order chi connectivity index (χ0) is 22.8. The molecule has 1 aliphatic heterocycles. The molecule has 0 aliphatic carbocycles. The average Bonchev–Trinajstić information content (AvgIpc) is 3.50. The standard InChI is InChI=1S/C26H27N5O2/c1-28-14-8-12-22(28)21-19-24(31(27-21)20-9-4-3-5-10-20)26(32)30-17-15-29(16-18-30)23-11-6-7-13-25(23)33-2/h3-14,19H,15-18H2,1-2H3. The number of aryl methyl sites for hydroxylation is 1. The van der Waals surface area contributed by atoms with Crippen LogP contribution in [0.4, 0.5) is 5.69 Å². The van der Waals surface area contributed by atoms with E-state index in [1.54, 1.807) is 11.8 Å². The number of ether oxygens (including phenoxy) is 1. The third-order valence-corrected chi connectivity index (χ3v) is 6.13. The number of amides is 1. The normalized spacial score (nSPS) is 13.9. The van der Waals surface area contributed by atoms with Crippen molar-refractivity contribution in [1.82, 2.24) is 19.2 Å². The van der Waals surface area contributed by atoms with Gasteiger partial charge in [-0.25, -0.2) is 4.68 Å². The number of carbonyl (C=O) groups is 1. The number of piperazine rings is 1. The first-order valence-electron chi connectivity index (χ1n) is 11.1. The van der Waals surface area contributed by atoms with Crippen LogP contribution in [0.2, 0.25) is 0 Å². The summed E-state index contributed by atoms with van der Waals surface area (Å²) in [6.45, 7) is 2.76. The number of para-hydroxylation sites is 3. The Hall–Kier alpha value is -4.00. The Labute approximate surface area is 193 Å². The first-order valence-corrected chi connectivity index (χ1v) is 11.1. The van der Waals surface area contributed by atoms with Gasteiger partial charge in [0.05, 0.1) is 24.2 Å². The summed E-state index contributed by atoms with van der Waals surface area (Å²) in [5.74, 6) is 0.845. The van der Waals surface area contributed by atoms with Crippen molar-refractivity contribution in [3.05, 3.63) is 84.7 Å². The molecule has 5 rings (SSSR count). The molecule has 2 aromatic heterocycles. The number of benzene rings is 2. The molecule has 0 N–H and O–H groups in total. The lowest BCUT2D eigenvalue weighted by Crippen LogP contribution is -2.49. The maximum absolute atomic E-state index is 13.6. The molecule has 168 valence electrons. The predicted molar refractivity (Wildman–Crippen MR) is 129 cm³/mol. The van der Waals surface area contributed by atoms with Gasteiger partial charge in [-0.1, -0.05) is 30.3 Å². The van der Waals surface area contributed by atoms with Gasteiger partial charge in [0.2, 0.25) is 0 Å². The van der Waals surface area contributed by atoms with Crippen LogP contribution >= 0.6 is 0 Å². The van der Waals surface area contributed by atoms with E-state index < -0.39 is 0 Å². The molecular weight excluding hydrogens is 414 g/mol. The number of carbonyl (C=O) groups excluding carboxylic acids is 1. The minimum absolute atomic E-state index is 0.00788. The molecule has 1 aliphatic rings. The topological polar surface area (TPSA) is 55.5 Å². The zero-order valence-corrected chi connectivity index (χ0v) is 18.9. The lowest BCUT2D eigenvalue weighted by atomic mass is 10.2. The van der Waals surface area contributed by atoms with Gasteiger partial charge < -0.3 is 19.1 Å². The van der Waals surface area contributed by atoms with Crippen LogP contribution < -0.4 is 9.64 Å². The molecule has 1 fully saturated rings. The highest BCUT2D eigenvalue weighted by Crippen LogP contribution is 2.29. The van der Waals surface area contributed by atoms with Gasteiger partial charge in [-0.15, -0.1) is 0 Å². The summed E-state index contributed by atoms with van der Waals surface area (Å²) < 4.78 is 9.29. The van der Waals surface area contributed by atoms with Gasteiger partial charge in [0.1, 0.15) is 17.1 Å². The lowest BCUT2D eigenvalue weighted by molar-refractivity contribution is 0.0737. The van der Waals surface area contributed by atoms with Crippen molar-refractivity contribution in [3.8, 4) is 22.8 Å². The quantitative estimate of drug-likeness (QED) is 0.472. The molecule has 1 amide bonds. The molecule has 4 aromatic rings. The second-order valence-electron chi connectivity index (χ2n) is 8.12. The van der Waals surface area contributed by atoms with E-state index in [1.165, 1.54) is 0 Å². The molecule has 7 heteroatoms. The van der Waals surface area contributed by atoms with Crippen molar-refractivity contribution in [3.63, 3.8) is 0 Å². The van der Waals surface area contributed by atoms with E-state index in [-0.39, 0.29) is 5.91 Å². The Morgan fingerprint density at radius 1 is 0.909 bits per heavy atom. The summed E-state index contributed by atoms with van der Waals surface area (Å²) in [6.07, 6.45) is 1.98. The maximum atomic E-state index is 13.6. The number of nitrogens with zero attached hydrogens (tertiary/aromatic N) is 5. The monoisotopic (exact) mass is 441 g/mol. The summed E-state index contributed by atoms with van der Waals surface area (Å²) in [5.41, 5.74) is 4.26. The molecule has 7 nitrogen and oxygen atoms in total. The highest BCUT2D eigenvalue weighted by Gasteiger charge is 2.27. The molecule has 2 aromatic carbocycles. The van der Waals surface area contributed by atoms with Crippen LogP contribution in [0, 0.1) is 0 Å². The minimum atomic E-state index is -0.00788. The molecule has 1 saturated heterocycles. The van der Waals surface area contributed by atoms with E-state index in [0.717, 1.165) is 41.6 Å². The molecule has 0 spiro atoms. The van der Waals surface area contributed by atoms with Crippen LogP contribution in [0.25, 0.3) is 17.1 Å². The first-order chi connectivity index (χ1) is 16.2. The number of rotatable bonds is 5.